The summed E-state index contributed by atoms with van der Waals surface area (Å²) in [6.07, 6.45) is 0.0116. The molecule has 1 heterocycles. The number of halogens is 2. The van der Waals surface area contributed by atoms with E-state index >= 15 is 0 Å². The normalized spacial score (nSPS) is 12.7. The molecule has 1 atom stereocenters. The van der Waals surface area contributed by atoms with E-state index in [4.69, 9.17) is 27.9 Å². The second-order valence-electron chi connectivity index (χ2n) is 4.90. The first kappa shape index (κ1) is 14.9. The van der Waals surface area contributed by atoms with Crippen LogP contribution in [-0.4, -0.2) is 0 Å². The Bertz CT molecular complexity index is 766. The Hall–Kier alpha value is -1.06. The number of ether oxygens (including phenoxy) is 1. The largest absolute Gasteiger partial charge is 0.368 e. The molecule has 4 heteroatoms. The van der Waals surface area contributed by atoms with Gasteiger partial charge in [-0.25, -0.2) is 0 Å². The molecule has 0 aliphatic heterocycles. The lowest BCUT2D eigenvalue weighted by molar-refractivity contribution is 0.0543. The Balaban J connectivity index is 1.71. The fourth-order valence-electron chi connectivity index (χ4n) is 2.19. The van der Waals surface area contributed by atoms with Gasteiger partial charge in [0.15, 0.2) is 0 Å². The van der Waals surface area contributed by atoms with Crippen molar-refractivity contribution >= 4 is 44.6 Å². The number of hydrogen-bond acceptors (Lipinski definition) is 2. The predicted octanol–water partition coefficient (Wildman–Crippen LogP) is 6.49. The average Bonchev–Trinajstić information content (AvgIpc) is 2.86. The van der Waals surface area contributed by atoms with E-state index in [2.05, 4.69) is 6.07 Å². The molecule has 0 amide bonds. The van der Waals surface area contributed by atoms with Gasteiger partial charge in [-0.2, -0.15) is 0 Å². The Morgan fingerprint density at radius 1 is 1.05 bits per heavy atom. The summed E-state index contributed by atoms with van der Waals surface area (Å²) in [5, 5.41) is 2.71. The standard InChI is InChI=1S/C17H14Cl2OS/c1-11(12-3-2-4-14(18)7-12)20-10-16-8-13-5-6-15(19)9-17(13)21-16/h2-9,11H,10H2,1H3/t11-/m0/s1. The molecule has 21 heavy (non-hydrogen) atoms. The smallest absolute Gasteiger partial charge is 0.0818 e. The van der Waals surface area contributed by atoms with Crippen LogP contribution in [0, 0.1) is 0 Å². The highest BCUT2D eigenvalue weighted by molar-refractivity contribution is 7.19. The molecule has 0 bridgehead atoms. The molecule has 0 spiro atoms. The SMILES string of the molecule is C[C@H](OCc1cc2ccc(Cl)cc2s1)c1cccc(Cl)c1. The van der Waals surface area contributed by atoms with Crippen LogP contribution in [0.4, 0.5) is 0 Å². The molecule has 0 fully saturated rings. The van der Waals surface area contributed by atoms with E-state index in [1.165, 1.54) is 15.0 Å². The van der Waals surface area contributed by atoms with Crippen LogP contribution in [0.5, 0.6) is 0 Å². The minimum Gasteiger partial charge on any atom is -0.368 e. The maximum absolute atomic E-state index is 6.01. The maximum Gasteiger partial charge on any atom is 0.0818 e. The van der Waals surface area contributed by atoms with E-state index in [0.29, 0.717) is 6.61 Å². The molecule has 0 N–H and O–H groups in total. The summed E-state index contributed by atoms with van der Waals surface area (Å²) in [7, 11) is 0. The van der Waals surface area contributed by atoms with Crippen LogP contribution >= 0.6 is 34.5 Å². The summed E-state index contributed by atoms with van der Waals surface area (Å²) in [5.74, 6) is 0. The molecule has 0 saturated heterocycles. The summed E-state index contributed by atoms with van der Waals surface area (Å²) < 4.78 is 7.14. The van der Waals surface area contributed by atoms with E-state index in [0.717, 1.165) is 15.6 Å². The summed E-state index contributed by atoms with van der Waals surface area (Å²) in [5.41, 5.74) is 1.09. The fourth-order valence-corrected chi connectivity index (χ4v) is 3.66. The van der Waals surface area contributed by atoms with Gasteiger partial charge in [0.1, 0.15) is 0 Å². The molecule has 0 radical (unpaired) electrons. The first-order chi connectivity index (χ1) is 10.1. The van der Waals surface area contributed by atoms with Crippen LogP contribution in [-0.2, 0) is 11.3 Å². The summed E-state index contributed by atoms with van der Waals surface area (Å²) in [6.45, 7) is 2.63. The third-order valence-corrected chi connectivity index (χ3v) is 4.87. The second kappa shape index (κ2) is 6.37. The van der Waals surface area contributed by atoms with Crippen molar-refractivity contribution < 1.29 is 4.74 Å². The summed E-state index contributed by atoms with van der Waals surface area (Å²) in [6, 6.07) is 15.9. The van der Waals surface area contributed by atoms with E-state index in [-0.39, 0.29) is 6.10 Å². The molecule has 0 unspecified atom stereocenters. The molecule has 108 valence electrons. The van der Waals surface area contributed by atoms with E-state index in [1.807, 2.05) is 49.4 Å². The Kier molecular flexibility index (Phi) is 4.51. The molecule has 3 aromatic rings. The van der Waals surface area contributed by atoms with Crippen LogP contribution in [0.1, 0.15) is 23.5 Å². The Morgan fingerprint density at radius 2 is 1.86 bits per heavy atom. The van der Waals surface area contributed by atoms with Crippen LogP contribution in [0.2, 0.25) is 10.0 Å². The fraction of sp³-hybridized carbons (Fsp3) is 0.176. The van der Waals surface area contributed by atoms with Gasteiger partial charge in [0.05, 0.1) is 12.7 Å². The van der Waals surface area contributed by atoms with E-state index in [1.54, 1.807) is 11.3 Å². The monoisotopic (exact) mass is 336 g/mol. The molecule has 1 aromatic heterocycles. The molecule has 0 aliphatic carbocycles. The summed E-state index contributed by atoms with van der Waals surface area (Å²) in [4.78, 5) is 1.20. The highest BCUT2D eigenvalue weighted by Crippen LogP contribution is 2.30. The predicted molar refractivity (Wildman–Crippen MR) is 91.5 cm³/mol. The summed E-state index contributed by atoms with van der Waals surface area (Å²) >= 11 is 13.7. The zero-order valence-corrected chi connectivity index (χ0v) is 13.8. The van der Waals surface area contributed by atoms with Gasteiger partial charge in [0.25, 0.3) is 0 Å². The van der Waals surface area contributed by atoms with E-state index < -0.39 is 0 Å². The van der Waals surface area contributed by atoms with Crippen LogP contribution < -0.4 is 0 Å². The molecule has 1 nitrogen and oxygen atoms in total. The van der Waals surface area contributed by atoms with Crippen LogP contribution in [0.3, 0.4) is 0 Å². The highest BCUT2D eigenvalue weighted by Gasteiger charge is 2.08. The molecular weight excluding hydrogens is 323 g/mol. The van der Waals surface area contributed by atoms with Crippen molar-refractivity contribution in [3.05, 3.63) is 69.0 Å². The minimum absolute atomic E-state index is 0.0116. The molecule has 0 aliphatic rings. The van der Waals surface area contributed by atoms with Crippen LogP contribution in [0.15, 0.2) is 48.5 Å². The van der Waals surface area contributed by atoms with Crippen LogP contribution in [0.25, 0.3) is 10.1 Å². The van der Waals surface area contributed by atoms with Crippen molar-refractivity contribution in [2.45, 2.75) is 19.6 Å². The first-order valence-electron chi connectivity index (χ1n) is 6.67. The molecule has 0 saturated carbocycles. The van der Waals surface area contributed by atoms with Crippen molar-refractivity contribution in [2.24, 2.45) is 0 Å². The highest BCUT2D eigenvalue weighted by atomic mass is 35.5. The number of rotatable bonds is 4. The lowest BCUT2D eigenvalue weighted by atomic mass is 10.1. The van der Waals surface area contributed by atoms with Crippen molar-refractivity contribution in [3.63, 3.8) is 0 Å². The van der Waals surface area contributed by atoms with Gasteiger partial charge in [-0.3, -0.25) is 0 Å². The topological polar surface area (TPSA) is 9.23 Å². The zero-order valence-electron chi connectivity index (χ0n) is 11.5. The van der Waals surface area contributed by atoms with Gasteiger partial charge in [-0.05, 0) is 48.2 Å². The van der Waals surface area contributed by atoms with Crippen molar-refractivity contribution in [3.8, 4) is 0 Å². The Morgan fingerprint density at radius 3 is 2.67 bits per heavy atom. The molecule has 2 aromatic carbocycles. The van der Waals surface area contributed by atoms with Crippen molar-refractivity contribution in [2.75, 3.05) is 0 Å². The van der Waals surface area contributed by atoms with E-state index in [9.17, 15) is 0 Å². The van der Waals surface area contributed by atoms with Gasteiger partial charge in [-0.15, -0.1) is 11.3 Å². The molecular formula is C17H14Cl2OS. The van der Waals surface area contributed by atoms with Gasteiger partial charge >= 0.3 is 0 Å². The van der Waals surface area contributed by atoms with Crippen molar-refractivity contribution in [1.29, 1.82) is 0 Å². The van der Waals surface area contributed by atoms with Gasteiger partial charge in [0.2, 0.25) is 0 Å². The third-order valence-electron chi connectivity index (χ3n) is 3.33. The zero-order chi connectivity index (χ0) is 14.8. The number of fused-ring (bicyclic) bond motifs is 1. The molecule has 3 rings (SSSR count). The number of benzene rings is 2. The third kappa shape index (κ3) is 3.58. The minimum atomic E-state index is 0.0116. The lowest BCUT2D eigenvalue weighted by Crippen LogP contribution is -1.99. The second-order valence-corrected chi connectivity index (χ2v) is 6.94. The van der Waals surface area contributed by atoms with Gasteiger partial charge in [0, 0.05) is 19.6 Å². The average molecular weight is 337 g/mol. The van der Waals surface area contributed by atoms with Gasteiger partial charge < -0.3 is 4.74 Å². The Labute approximate surface area is 138 Å². The number of hydrogen-bond donors (Lipinski definition) is 0. The van der Waals surface area contributed by atoms with Crippen molar-refractivity contribution in [1.82, 2.24) is 0 Å². The lowest BCUT2D eigenvalue weighted by Gasteiger charge is -2.12. The number of thiophene rings is 1. The quantitative estimate of drug-likeness (QED) is 0.529. The van der Waals surface area contributed by atoms with Gasteiger partial charge in [-0.1, -0.05) is 41.4 Å². The first-order valence-corrected chi connectivity index (χ1v) is 8.24. The maximum atomic E-state index is 6.01.